The Labute approximate surface area is 309 Å². The van der Waals surface area contributed by atoms with Crippen LogP contribution in [0.1, 0.15) is 79.2 Å². The zero-order valence-corrected chi connectivity index (χ0v) is 29.4. The van der Waals surface area contributed by atoms with Gasteiger partial charge in [-0.1, -0.05) is 63.1 Å². The molecule has 10 heteroatoms. The summed E-state index contributed by atoms with van der Waals surface area (Å²) in [5.41, 5.74) is 2.01. The topological polar surface area (TPSA) is 105 Å². The van der Waals surface area contributed by atoms with Gasteiger partial charge in [0.15, 0.2) is 0 Å². The lowest BCUT2D eigenvalue weighted by atomic mass is 10.1. The summed E-state index contributed by atoms with van der Waals surface area (Å²) < 4.78 is 51.4. The molecule has 0 aliphatic rings. The quantitative estimate of drug-likeness (QED) is 0.0906. The van der Waals surface area contributed by atoms with Crippen LogP contribution in [0.15, 0.2) is 121 Å². The van der Waals surface area contributed by atoms with Crippen LogP contribution in [0.2, 0.25) is 0 Å². The fourth-order valence-corrected chi connectivity index (χ4v) is 5.63. The number of fused-ring (bicyclic) bond motifs is 1. The summed E-state index contributed by atoms with van der Waals surface area (Å²) in [5.74, 6) is -5.23. The van der Waals surface area contributed by atoms with Crippen LogP contribution < -0.4 is 18.9 Å². The Morgan fingerprint density at radius 2 is 0.778 bits per heavy atom. The summed E-state index contributed by atoms with van der Waals surface area (Å²) in [6.07, 6.45) is 3.70. The van der Waals surface area contributed by atoms with Gasteiger partial charge in [0, 0.05) is 12.1 Å². The third-order valence-corrected chi connectivity index (χ3v) is 8.40. The van der Waals surface area contributed by atoms with Gasteiger partial charge in [0.25, 0.3) is 0 Å². The van der Waals surface area contributed by atoms with E-state index in [0.29, 0.717) is 21.9 Å². The van der Waals surface area contributed by atoms with E-state index in [1.54, 1.807) is 36.4 Å². The van der Waals surface area contributed by atoms with Gasteiger partial charge in [-0.3, -0.25) is 0 Å². The van der Waals surface area contributed by atoms with Gasteiger partial charge in [-0.2, -0.15) is 0 Å². The van der Waals surface area contributed by atoms with Crippen molar-refractivity contribution in [1.29, 1.82) is 0 Å². The summed E-state index contributed by atoms with van der Waals surface area (Å²) in [5, 5.41) is 1.20. The smallest absolute Gasteiger partial charge is 0.346 e. The molecule has 8 nitrogen and oxygen atoms in total. The van der Waals surface area contributed by atoms with Crippen molar-refractivity contribution in [2.45, 2.75) is 39.5 Å². The zero-order chi connectivity index (χ0) is 38.2. The molecule has 54 heavy (non-hydrogen) atoms. The molecule has 0 amide bonds. The standard InChI is InChI=1S/C44H34F2O8/c1-3-5-27-7-11-30(12-8-27)41(47)51-35-19-21-37(39(45)25-35)43(49)53-33-17-15-29-16-18-34(24-32(29)23-33)54-44(50)38-22-20-36(26-40(38)46)52-42(48)31-13-9-28(6-4-2)10-14-31/h7-26H,3-6H2,1-2H3. The molecule has 0 fully saturated rings. The number of hydrogen-bond donors (Lipinski definition) is 0. The molecule has 0 atom stereocenters. The molecule has 0 spiro atoms. The molecule has 0 radical (unpaired) electrons. The Morgan fingerprint density at radius 1 is 0.426 bits per heavy atom. The first-order valence-corrected chi connectivity index (χ1v) is 17.3. The molecule has 0 aromatic heterocycles. The van der Waals surface area contributed by atoms with Gasteiger partial charge < -0.3 is 18.9 Å². The average Bonchev–Trinajstić information content (AvgIpc) is 3.15. The molecule has 6 aromatic rings. The Morgan fingerprint density at radius 3 is 1.15 bits per heavy atom. The van der Waals surface area contributed by atoms with Gasteiger partial charge >= 0.3 is 23.9 Å². The van der Waals surface area contributed by atoms with Crippen LogP contribution in [0, 0.1) is 11.6 Å². The lowest BCUT2D eigenvalue weighted by Crippen LogP contribution is -2.12. The zero-order valence-electron chi connectivity index (χ0n) is 29.4. The molecule has 0 bridgehead atoms. The molecule has 0 saturated carbocycles. The summed E-state index contributed by atoms with van der Waals surface area (Å²) in [4.78, 5) is 50.9. The van der Waals surface area contributed by atoms with E-state index in [1.165, 1.54) is 36.4 Å². The van der Waals surface area contributed by atoms with Crippen LogP contribution in [-0.4, -0.2) is 23.9 Å². The van der Waals surface area contributed by atoms with Crippen molar-refractivity contribution in [2.24, 2.45) is 0 Å². The molecular formula is C44H34F2O8. The van der Waals surface area contributed by atoms with E-state index >= 15 is 0 Å². The highest BCUT2D eigenvalue weighted by atomic mass is 19.1. The normalized spacial score (nSPS) is 10.8. The van der Waals surface area contributed by atoms with E-state index in [9.17, 15) is 28.0 Å². The van der Waals surface area contributed by atoms with Gasteiger partial charge in [0.05, 0.1) is 22.3 Å². The van der Waals surface area contributed by atoms with E-state index in [2.05, 4.69) is 13.8 Å². The molecule has 0 N–H and O–H groups in total. The van der Waals surface area contributed by atoms with Crippen LogP contribution in [-0.2, 0) is 12.8 Å². The minimum atomic E-state index is -0.992. The summed E-state index contributed by atoms with van der Waals surface area (Å²) >= 11 is 0. The predicted octanol–water partition coefficient (Wildman–Crippen LogP) is 9.90. The Balaban J connectivity index is 1.08. The summed E-state index contributed by atoms with van der Waals surface area (Å²) in [6, 6.07) is 29.9. The lowest BCUT2D eigenvalue weighted by Gasteiger charge is -2.10. The fraction of sp³-hybridized carbons (Fsp3) is 0.136. The highest BCUT2D eigenvalue weighted by Gasteiger charge is 2.19. The molecule has 0 saturated heterocycles. The van der Waals surface area contributed by atoms with Crippen molar-refractivity contribution in [3.63, 3.8) is 0 Å². The van der Waals surface area contributed by atoms with Crippen molar-refractivity contribution in [3.8, 4) is 23.0 Å². The molecule has 0 aliphatic carbocycles. The second-order valence-corrected chi connectivity index (χ2v) is 12.4. The number of rotatable bonds is 12. The summed E-state index contributed by atoms with van der Waals surface area (Å²) in [7, 11) is 0. The van der Waals surface area contributed by atoms with Crippen molar-refractivity contribution in [1.82, 2.24) is 0 Å². The maximum absolute atomic E-state index is 15.0. The van der Waals surface area contributed by atoms with E-state index in [1.807, 2.05) is 24.3 Å². The number of benzene rings is 6. The number of hydrogen-bond acceptors (Lipinski definition) is 8. The number of carbonyl (C=O) groups excluding carboxylic acids is 4. The van der Waals surface area contributed by atoms with Crippen molar-refractivity contribution >= 4 is 34.6 Å². The molecule has 0 aliphatic heterocycles. The van der Waals surface area contributed by atoms with E-state index in [-0.39, 0.29) is 34.1 Å². The second kappa shape index (κ2) is 16.8. The van der Waals surface area contributed by atoms with Crippen LogP contribution in [0.3, 0.4) is 0 Å². The maximum atomic E-state index is 15.0. The highest BCUT2D eigenvalue weighted by Crippen LogP contribution is 2.28. The first-order chi connectivity index (χ1) is 26.1. The van der Waals surface area contributed by atoms with Gasteiger partial charge in [0.1, 0.15) is 34.6 Å². The van der Waals surface area contributed by atoms with Crippen molar-refractivity contribution in [2.75, 3.05) is 0 Å². The van der Waals surface area contributed by atoms with Crippen LogP contribution in [0.4, 0.5) is 8.78 Å². The van der Waals surface area contributed by atoms with E-state index in [0.717, 1.165) is 61.1 Å². The number of halogens is 2. The summed E-state index contributed by atoms with van der Waals surface area (Å²) in [6.45, 7) is 4.11. The Bertz CT molecular complexity index is 2190. The largest absolute Gasteiger partial charge is 0.423 e. The van der Waals surface area contributed by atoms with Crippen LogP contribution in [0.5, 0.6) is 23.0 Å². The minimum Gasteiger partial charge on any atom is -0.423 e. The van der Waals surface area contributed by atoms with Crippen LogP contribution in [0.25, 0.3) is 10.8 Å². The molecule has 6 rings (SSSR count). The minimum absolute atomic E-state index is 0.0745. The van der Waals surface area contributed by atoms with Gasteiger partial charge in [-0.15, -0.1) is 0 Å². The van der Waals surface area contributed by atoms with Crippen molar-refractivity contribution < 1.29 is 46.9 Å². The molecule has 0 unspecified atom stereocenters. The van der Waals surface area contributed by atoms with Crippen LogP contribution >= 0.6 is 0 Å². The molecule has 0 heterocycles. The number of esters is 4. The number of carbonyl (C=O) groups is 4. The monoisotopic (exact) mass is 728 g/mol. The molecule has 272 valence electrons. The van der Waals surface area contributed by atoms with E-state index in [4.69, 9.17) is 18.9 Å². The Hall–Kier alpha value is -6.68. The van der Waals surface area contributed by atoms with Gasteiger partial charge in [-0.25, -0.2) is 28.0 Å². The third kappa shape index (κ3) is 9.02. The first kappa shape index (κ1) is 37.1. The SMILES string of the molecule is CCCc1ccc(C(=O)Oc2ccc(C(=O)Oc3ccc4ccc(OC(=O)c5ccc(OC(=O)c6ccc(CCC)cc6)cc5F)cc4c3)c(F)c2)cc1. The molecule has 6 aromatic carbocycles. The highest BCUT2D eigenvalue weighted by molar-refractivity contribution is 5.95. The predicted molar refractivity (Wildman–Crippen MR) is 197 cm³/mol. The van der Waals surface area contributed by atoms with Crippen molar-refractivity contribution in [3.05, 3.63) is 166 Å². The van der Waals surface area contributed by atoms with Gasteiger partial charge in [0.2, 0.25) is 0 Å². The number of aryl methyl sites for hydroxylation is 2. The third-order valence-electron chi connectivity index (χ3n) is 8.40. The maximum Gasteiger partial charge on any atom is 0.346 e. The van der Waals surface area contributed by atoms with E-state index < -0.39 is 35.5 Å². The Kier molecular flexibility index (Phi) is 11.5. The number of ether oxygens (including phenoxy) is 4. The fourth-order valence-electron chi connectivity index (χ4n) is 5.63. The molecular weight excluding hydrogens is 694 g/mol. The average molecular weight is 729 g/mol. The second-order valence-electron chi connectivity index (χ2n) is 12.4. The van der Waals surface area contributed by atoms with Gasteiger partial charge in [-0.05, 0) is 108 Å². The first-order valence-electron chi connectivity index (χ1n) is 17.3. The lowest BCUT2D eigenvalue weighted by molar-refractivity contribution is 0.0715.